The van der Waals surface area contributed by atoms with E-state index in [9.17, 15) is 14.0 Å². The van der Waals surface area contributed by atoms with E-state index in [1.54, 1.807) is 18.2 Å². The zero-order valence-corrected chi connectivity index (χ0v) is 19.3. The number of rotatable bonds is 9. The summed E-state index contributed by atoms with van der Waals surface area (Å²) in [6, 6.07) is 22.4. The van der Waals surface area contributed by atoms with E-state index in [1.165, 1.54) is 11.0 Å². The zero-order valence-electron chi connectivity index (χ0n) is 19.3. The van der Waals surface area contributed by atoms with Crippen molar-refractivity contribution in [2.24, 2.45) is 0 Å². The molecule has 3 rings (SSSR count). The standard InChI is InChI=1S/C27H30FN3O2/c1-4-25(27(33)29-22-14-16-23(17-15-22)30(2)3)31(19-21-12-8-9-13-24(21)28)26(32)18-20-10-6-5-7-11-20/h5-17,25H,4,18-19H2,1-3H3,(H,29,33). The average molecular weight is 448 g/mol. The highest BCUT2D eigenvalue weighted by atomic mass is 19.1. The number of hydrogen-bond donors (Lipinski definition) is 1. The molecule has 0 aliphatic heterocycles. The van der Waals surface area contributed by atoms with E-state index in [4.69, 9.17) is 0 Å². The first kappa shape index (κ1) is 24.0. The van der Waals surface area contributed by atoms with E-state index in [1.807, 2.05) is 80.5 Å². The molecule has 1 unspecified atom stereocenters. The minimum absolute atomic E-state index is 0.0177. The number of benzene rings is 3. The molecule has 0 aromatic heterocycles. The Balaban J connectivity index is 1.84. The van der Waals surface area contributed by atoms with E-state index in [-0.39, 0.29) is 24.8 Å². The lowest BCUT2D eigenvalue weighted by Crippen LogP contribution is -2.47. The van der Waals surface area contributed by atoms with Gasteiger partial charge in [0.2, 0.25) is 11.8 Å². The summed E-state index contributed by atoms with van der Waals surface area (Å²) < 4.78 is 14.4. The normalized spacial score (nSPS) is 11.5. The second-order valence-electron chi connectivity index (χ2n) is 8.13. The number of anilines is 2. The molecule has 0 fully saturated rings. The second kappa shape index (κ2) is 11.3. The molecule has 33 heavy (non-hydrogen) atoms. The van der Waals surface area contributed by atoms with Gasteiger partial charge in [0.15, 0.2) is 0 Å². The number of carbonyl (C=O) groups excluding carboxylic acids is 2. The number of nitrogens with zero attached hydrogens (tertiary/aromatic N) is 2. The van der Waals surface area contributed by atoms with Gasteiger partial charge in [0.05, 0.1) is 6.42 Å². The molecule has 0 aliphatic rings. The Morgan fingerprint density at radius 1 is 0.909 bits per heavy atom. The molecular formula is C27H30FN3O2. The van der Waals surface area contributed by atoms with Gasteiger partial charge in [-0.2, -0.15) is 0 Å². The van der Waals surface area contributed by atoms with Crippen molar-refractivity contribution in [3.63, 3.8) is 0 Å². The van der Waals surface area contributed by atoms with Crippen molar-refractivity contribution in [1.82, 2.24) is 4.90 Å². The van der Waals surface area contributed by atoms with Crippen LogP contribution in [0.1, 0.15) is 24.5 Å². The topological polar surface area (TPSA) is 52.7 Å². The predicted octanol–water partition coefficient (Wildman–Crippen LogP) is 4.88. The monoisotopic (exact) mass is 447 g/mol. The first-order valence-electron chi connectivity index (χ1n) is 11.0. The first-order valence-corrected chi connectivity index (χ1v) is 11.0. The minimum atomic E-state index is -0.741. The SMILES string of the molecule is CCC(C(=O)Nc1ccc(N(C)C)cc1)N(Cc1ccccc1F)C(=O)Cc1ccccc1. The van der Waals surface area contributed by atoms with Gasteiger partial charge < -0.3 is 15.1 Å². The number of hydrogen-bond acceptors (Lipinski definition) is 3. The summed E-state index contributed by atoms with van der Waals surface area (Å²) in [7, 11) is 3.89. The van der Waals surface area contributed by atoms with E-state index < -0.39 is 11.9 Å². The van der Waals surface area contributed by atoms with Gasteiger partial charge in [0.1, 0.15) is 11.9 Å². The van der Waals surface area contributed by atoms with Gasteiger partial charge in [-0.1, -0.05) is 55.5 Å². The largest absolute Gasteiger partial charge is 0.378 e. The maximum atomic E-state index is 14.4. The van der Waals surface area contributed by atoms with Crippen LogP contribution in [-0.4, -0.2) is 36.9 Å². The van der Waals surface area contributed by atoms with E-state index in [2.05, 4.69) is 5.32 Å². The molecule has 0 saturated heterocycles. The molecule has 1 atom stereocenters. The van der Waals surface area contributed by atoms with Crippen molar-refractivity contribution in [2.45, 2.75) is 32.4 Å². The third-order valence-corrected chi connectivity index (χ3v) is 5.53. The first-order chi connectivity index (χ1) is 15.9. The Hall–Kier alpha value is -3.67. The summed E-state index contributed by atoms with van der Waals surface area (Å²) in [5.74, 6) is -0.924. The maximum Gasteiger partial charge on any atom is 0.247 e. The molecule has 0 saturated carbocycles. The molecule has 5 nitrogen and oxygen atoms in total. The average Bonchev–Trinajstić information content (AvgIpc) is 2.81. The van der Waals surface area contributed by atoms with E-state index in [0.29, 0.717) is 17.7 Å². The van der Waals surface area contributed by atoms with Gasteiger partial charge in [-0.05, 0) is 42.3 Å². The van der Waals surface area contributed by atoms with Crippen molar-refractivity contribution in [1.29, 1.82) is 0 Å². The fourth-order valence-electron chi connectivity index (χ4n) is 3.67. The Morgan fingerprint density at radius 3 is 2.15 bits per heavy atom. The van der Waals surface area contributed by atoms with Crippen LogP contribution in [0, 0.1) is 5.82 Å². The zero-order chi connectivity index (χ0) is 23.8. The molecule has 0 bridgehead atoms. The molecule has 0 heterocycles. The van der Waals surface area contributed by atoms with E-state index >= 15 is 0 Å². The Labute approximate surface area is 194 Å². The van der Waals surface area contributed by atoms with Crippen LogP contribution in [-0.2, 0) is 22.6 Å². The van der Waals surface area contributed by atoms with Crippen molar-refractivity contribution < 1.29 is 14.0 Å². The van der Waals surface area contributed by atoms with Gasteiger partial charge >= 0.3 is 0 Å². The molecule has 6 heteroatoms. The van der Waals surface area contributed by atoms with Gasteiger partial charge in [-0.3, -0.25) is 9.59 Å². The molecule has 3 aromatic carbocycles. The van der Waals surface area contributed by atoms with Gasteiger partial charge in [0, 0.05) is 37.6 Å². The third kappa shape index (κ3) is 6.42. The summed E-state index contributed by atoms with van der Waals surface area (Å²) in [5, 5.41) is 2.91. The van der Waals surface area contributed by atoms with Crippen LogP contribution in [0.3, 0.4) is 0 Å². The van der Waals surface area contributed by atoms with Crippen LogP contribution in [0.4, 0.5) is 15.8 Å². The highest BCUT2D eigenvalue weighted by Gasteiger charge is 2.29. The van der Waals surface area contributed by atoms with Crippen LogP contribution in [0.2, 0.25) is 0 Å². The van der Waals surface area contributed by atoms with Gasteiger partial charge in [-0.25, -0.2) is 4.39 Å². The lowest BCUT2D eigenvalue weighted by Gasteiger charge is -2.31. The quantitative estimate of drug-likeness (QED) is 0.509. The molecular weight excluding hydrogens is 417 g/mol. The second-order valence-corrected chi connectivity index (χ2v) is 8.13. The Kier molecular flexibility index (Phi) is 8.19. The van der Waals surface area contributed by atoms with E-state index in [0.717, 1.165) is 11.3 Å². The molecule has 0 radical (unpaired) electrons. The summed E-state index contributed by atoms with van der Waals surface area (Å²) >= 11 is 0. The summed E-state index contributed by atoms with van der Waals surface area (Å²) in [6.45, 7) is 1.87. The molecule has 0 spiro atoms. The lowest BCUT2D eigenvalue weighted by atomic mass is 10.1. The molecule has 2 amide bonds. The van der Waals surface area contributed by atoms with Crippen molar-refractivity contribution >= 4 is 23.2 Å². The summed E-state index contributed by atoms with van der Waals surface area (Å²) in [4.78, 5) is 30.0. The van der Waals surface area contributed by atoms with Gasteiger partial charge in [-0.15, -0.1) is 0 Å². The van der Waals surface area contributed by atoms with Crippen molar-refractivity contribution in [3.8, 4) is 0 Å². The predicted molar refractivity (Wildman–Crippen MR) is 131 cm³/mol. The Morgan fingerprint density at radius 2 is 1.55 bits per heavy atom. The van der Waals surface area contributed by atoms with Crippen LogP contribution in [0.25, 0.3) is 0 Å². The van der Waals surface area contributed by atoms with Crippen molar-refractivity contribution in [2.75, 3.05) is 24.3 Å². The molecule has 3 aromatic rings. The third-order valence-electron chi connectivity index (χ3n) is 5.53. The number of carbonyl (C=O) groups is 2. The number of amides is 2. The smallest absolute Gasteiger partial charge is 0.247 e. The van der Waals surface area contributed by atoms with Crippen LogP contribution < -0.4 is 10.2 Å². The Bertz CT molecular complexity index is 1070. The van der Waals surface area contributed by atoms with Crippen molar-refractivity contribution in [3.05, 3.63) is 95.8 Å². The molecule has 0 aliphatic carbocycles. The van der Waals surface area contributed by atoms with Gasteiger partial charge in [0.25, 0.3) is 0 Å². The maximum absolute atomic E-state index is 14.4. The summed E-state index contributed by atoms with van der Waals surface area (Å²) in [5.41, 5.74) is 2.88. The molecule has 1 N–H and O–H groups in total. The fraction of sp³-hybridized carbons (Fsp3) is 0.259. The summed E-state index contributed by atoms with van der Waals surface area (Å²) in [6.07, 6.45) is 0.535. The molecule has 172 valence electrons. The highest BCUT2D eigenvalue weighted by Crippen LogP contribution is 2.20. The lowest BCUT2D eigenvalue weighted by molar-refractivity contribution is -0.139. The number of nitrogens with one attached hydrogen (secondary N) is 1. The fourth-order valence-corrected chi connectivity index (χ4v) is 3.67. The minimum Gasteiger partial charge on any atom is -0.378 e. The number of halogens is 1. The van der Waals surface area contributed by atoms with Crippen LogP contribution in [0.15, 0.2) is 78.9 Å². The van der Waals surface area contributed by atoms with Crippen LogP contribution in [0.5, 0.6) is 0 Å². The highest BCUT2D eigenvalue weighted by molar-refractivity contribution is 5.97. The van der Waals surface area contributed by atoms with Crippen LogP contribution >= 0.6 is 0 Å².